The lowest BCUT2D eigenvalue weighted by molar-refractivity contribution is -0.117. The Kier molecular flexibility index (Phi) is 4.30. The average molecular weight is 397 g/mol. The van der Waals surface area contributed by atoms with Crippen LogP contribution in [-0.2, 0) is 11.2 Å². The van der Waals surface area contributed by atoms with Crippen molar-refractivity contribution in [2.45, 2.75) is 12.5 Å². The van der Waals surface area contributed by atoms with Crippen molar-refractivity contribution < 1.29 is 9.59 Å². The summed E-state index contributed by atoms with van der Waals surface area (Å²) in [6, 6.07) is 16.8. The topological polar surface area (TPSA) is 112 Å². The van der Waals surface area contributed by atoms with Gasteiger partial charge >= 0.3 is 0 Å². The Morgan fingerprint density at radius 1 is 1.10 bits per heavy atom. The summed E-state index contributed by atoms with van der Waals surface area (Å²) in [5.41, 5.74) is 12.1. The number of anilines is 1. The van der Waals surface area contributed by atoms with E-state index < -0.39 is 6.04 Å². The first-order chi connectivity index (χ1) is 14.6. The molecule has 0 bridgehead atoms. The summed E-state index contributed by atoms with van der Waals surface area (Å²) in [5, 5.41) is 9.76. The number of nitrogens with zero attached hydrogens (tertiary/aromatic N) is 1. The summed E-state index contributed by atoms with van der Waals surface area (Å²) in [4.78, 5) is 28.2. The van der Waals surface area contributed by atoms with Crippen molar-refractivity contribution in [3.05, 3.63) is 77.5 Å². The molecule has 1 atom stereocenters. The smallest absolute Gasteiger partial charge is 0.272 e. The highest BCUT2D eigenvalue weighted by molar-refractivity contribution is 6.15. The maximum atomic E-state index is 12.7. The molecule has 7 heteroatoms. The summed E-state index contributed by atoms with van der Waals surface area (Å²) >= 11 is 0. The molecule has 0 unspecified atom stereocenters. The van der Waals surface area contributed by atoms with Crippen LogP contribution in [0.1, 0.15) is 21.5 Å². The molecule has 148 valence electrons. The minimum absolute atomic E-state index is 0.313. The minimum Gasteiger partial charge on any atom is -0.360 e. The van der Waals surface area contributed by atoms with E-state index in [1.165, 1.54) is 0 Å². The van der Waals surface area contributed by atoms with Gasteiger partial charge in [-0.05, 0) is 34.9 Å². The number of aromatic nitrogens is 1. The fraction of sp³-hybridized carbons (Fsp3) is 0.0870. The highest BCUT2D eigenvalue weighted by atomic mass is 16.2. The molecule has 0 saturated heterocycles. The molecule has 0 saturated carbocycles. The second-order valence-electron chi connectivity index (χ2n) is 7.37. The van der Waals surface area contributed by atoms with E-state index in [0.717, 1.165) is 32.8 Å². The first-order valence-corrected chi connectivity index (χ1v) is 9.61. The van der Waals surface area contributed by atoms with Crippen molar-refractivity contribution in [2.24, 2.45) is 10.8 Å². The van der Waals surface area contributed by atoms with Crippen LogP contribution in [0, 0.1) is 0 Å². The van der Waals surface area contributed by atoms with Gasteiger partial charge in [-0.25, -0.2) is 5.43 Å². The van der Waals surface area contributed by atoms with Gasteiger partial charge in [0.15, 0.2) is 0 Å². The van der Waals surface area contributed by atoms with Crippen molar-refractivity contribution in [3.63, 3.8) is 0 Å². The van der Waals surface area contributed by atoms with Crippen LogP contribution in [0.15, 0.2) is 65.9 Å². The number of nitrogens with one attached hydrogen (secondary N) is 3. The van der Waals surface area contributed by atoms with Crippen LogP contribution in [0.3, 0.4) is 0 Å². The Balaban J connectivity index is 1.37. The molecule has 2 heterocycles. The van der Waals surface area contributed by atoms with Gasteiger partial charge in [0.25, 0.3) is 5.91 Å². The van der Waals surface area contributed by atoms with E-state index in [0.29, 0.717) is 17.7 Å². The third-order valence-corrected chi connectivity index (χ3v) is 5.30. The number of hydrogen-bond donors (Lipinski definition) is 4. The van der Waals surface area contributed by atoms with Gasteiger partial charge < -0.3 is 16.0 Å². The minimum atomic E-state index is -0.725. The summed E-state index contributed by atoms with van der Waals surface area (Å²) < 4.78 is 0. The molecule has 3 aromatic carbocycles. The number of fused-ring (bicyclic) bond motifs is 1. The van der Waals surface area contributed by atoms with E-state index in [1.807, 2.05) is 42.5 Å². The molecule has 1 aliphatic rings. The third-order valence-electron chi connectivity index (χ3n) is 5.30. The van der Waals surface area contributed by atoms with E-state index in [4.69, 9.17) is 5.73 Å². The fourth-order valence-corrected chi connectivity index (χ4v) is 3.82. The summed E-state index contributed by atoms with van der Waals surface area (Å²) in [6.45, 7) is 0. The number of aromatic amines is 1. The largest absolute Gasteiger partial charge is 0.360 e. The van der Waals surface area contributed by atoms with Gasteiger partial charge in [-0.1, -0.05) is 42.5 Å². The zero-order valence-corrected chi connectivity index (χ0v) is 16.0. The SMILES string of the molecule is N[C@H](Cc1ccc2ccccc2c1)C(=O)Nc1cc2c3c(c[nH]c3c1)C=NNC2=O. The molecule has 5 rings (SSSR count). The lowest BCUT2D eigenvalue weighted by Crippen LogP contribution is -2.37. The molecule has 4 aromatic rings. The molecule has 30 heavy (non-hydrogen) atoms. The van der Waals surface area contributed by atoms with Crippen LogP contribution in [0.25, 0.3) is 21.7 Å². The predicted octanol–water partition coefficient (Wildman–Crippen LogP) is 2.91. The standard InChI is InChI=1S/C23H19N5O2/c24-19(8-13-5-6-14-3-1-2-4-15(14)7-13)23(30)27-17-9-18-21-16(11-25-20(21)10-17)12-26-28-22(18)29/h1-7,9-12,19,25H,8,24H2,(H,27,30)(H,28,29)/t19-/m1/s1. The van der Waals surface area contributed by atoms with Crippen LogP contribution in [-0.4, -0.2) is 29.1 Å². The number of amides is 2. The Bertz CT molecular complexity index is 1340. The first-order valence-electron chi connectivity index (χ1n) is 9.61. The Morgan fingerprint density at radius 2 is 1.93 bits per heavy atom. The van der Waals surface area contributed by atoms with Crippen LogP contribution in [0.2, 0.25) is 0 Å². The summed E-state index contributed by atoms with van der Waals surface area (Å²) in [5.74, 6) is -0.641. The maximum Gasteiger partial charge on any atom is 0.272 e. The predicted molar refractivity (Wildman–Crippen MR) is 118 cm³/mol. The van der Waals surface area contributed by atoms with E-state index >= 15 is 0 Å². The molecule has 1 aliphatic heterocycles. The van der Waals surface area contributed by atoms with Gasteiger partial charge in [0.2, 0.25) is 5.91 Å². The summed E-state index contributed by atoms with van der Waals surface area (Å²) in [7, 11) is 0. The number of rotatable bonds is 4. The Hall–Kier alpha value is -3.97. The molecular weight excluding hydrogens is 378 g/mol. The molecule has 0 radical (unpaired) electrons. The zero-order chi connectivity index (χ0) is 20.7. The van der Waals surface area contributed by atoms with Gasteiger partial charge in [0, 0.05) is 28.4 Å². The quantitative estimate of drug-likeness (QED) is 0.425. The second-order valence-corrected chi connectivity index (χ2v) is 7.37. The highest BCUT2D eigenvalue weighted by Crippen LogP contribution is 2.27. The number of hydrogen-bond acceptors (Lipinski definition) is 4. The first kappa shape index (κ1) is 18.1. The van der Waals surface area contributed by atoms with Crippen molar-refractivity contribution in [1.82, 2.24) is 10.4 Å². The van der Waals surface area contributed by atoms with Crippen molar-refractivity contribution in [2.75, 3.05) is 5.32 Å². The molecule has 1 aromatic heterocycles. The monoisotopic (exact) mass is 397 g/mol. The van der Waals surface area contributed by atoms with Crippen LogP contribution < -0.4 is 16.5 Å². The molecule has 2 amide bonds. The van der Waals surface area contributed by atoms with Crippen molar-refractivity contribution >= 4 is 45.4 Å². The molecular formula is C23H19N5O2. The maximum absolute atomic E-state index is 12.7. The number of nitrogens with two attached hydrogens (primary N) is 1. The van der Waals surface area contributed by atoms with E-state index in [2.05, 4.69) is 20.8 Å². The van der Waals surface area contributed by atoms with E-state index in [9.17, 15) is 9.59 Å². The second kappa shape index (κ2) is 7.13. The number of hydrazone groups is 1. The number of benzene rings is 3. The molecule has 7 nitrogen and oxygen atoms in total. The van der Waals surface area contributed by atoms with Crippen LogP contribution >= 0.6 is 0 Å². The van der Waals surface area contributed by atoms with Crippen LogP contribution in [0.4, 0.5) is 5.69 Å². The lowest BCUT2D eigenvalue weighted by atomic mass is 10.0. The third kappa shape index (κ3) is 3.21. The van der Waals surface area contributed by atoms with Gasteiger partial charge in [-0.3, -0.25) is 9.59 Å². The molecule has 0 aliphatic carbocycles. The van der Waals surface area contributed by atoms with Gasteiger partial charge in [0.1, 0.15) is 0 Å². The van der Waals surface area contributed by atoms with Gasteiger partial charge in [0.05, 0.1) is 17.8 Å². The molecule has 5 N–H and O–H groups in total. The highest BCUT2D eigenvalue weighted by Gasteiger charge is 2.20. The summed E-state index contributed by atoms with van der Waals surface area (Å²) in [6.07, 6.45) is 3.77. The molecule has 0 spiro atoms. The van der Waals surface area contributed by atoms with E-state index in [1.54, 1.807) is 24.5 Å². The number of H-pyrrole nitrogens is 1. The number of carbonyl (C=O) groups is 2. The Morgan fingerprint density at radius 3 is 2.80 bits per heavy atom. The van der Waals surface area contributed by atoms with E-state index in [-0.39, 0.29) is 11.8 Å². The fourth-order valence-electron chi connectivity index (χ4n) is 3.82. The Labute approximate surface area is 172 Å². The zero-order valence-electron chi connectivity index (χ0n) is 16.0. The molecule has 0 fully saturated rings. The van der Waals surface area contributed by atoms with Gasteiger partial charge in [-0.15, -0.1) is 0 Å². The van der Waals surface area contributed by atoms with Crippen molar-refractivity contribution in [1.29, 1.82) is 0 Å². The number of carbonyl (C=O) groups excluding carboxylic acids is 2. The average Bonchev–Trinajstić information content (AvgIpc) is 3.08. The lowest BCUT2D eigenvalue weighted by Gasteiger charge is -2.14. The van der Waals surface area contributed by atoms with Gasteiger partial charge in [-0.2, -0.15) is 5.10 Å². The van der Waals surface area contributed by atoms with Crippen molar-refractivity contribution in [3.8, 4) is 0 Å². The van der Waals surface area contributed by atoms with Crippen LogP contribution in [0.5, 0.6) is 0 Å². The normalized spacial score (nSPS) is 13.8.